The van der Waals surface area contributed by atoms with E-state index in [-0.39, 0.29) is 5.92 Å². The van der Waals surface area contributed by atoms with Gasteiger partial charge in [-0.15, -0.1) is 22.7 Å². The average Bonchev–Trinajstić information content (AvgIpc) is 3.01. The van der Waals surface area contributed by atoms with Crippen molar-refractivity contribution < 1.29 is 14.3 Å². The number of carbonyl (C=O) groups excluding carboxylic acids is 1. The molecule has 4 nitrogen and oxygen atoms in total. The Labute approximate surface area is 126 Å². The van der Waals surface area contributed by atoms with Crippen molar-refractivity contribution in [3.8, 4) is 15.5 Å². The van der Waals surface area contributed by atoms with Gasteiger partial charge < -0.3 is 15.2 Å². The van der Waals surface area contributed by atoms with E-state index < -0.39 is 5.97 Å². The van der Waals surface area contributed by atoms with Gasteiger partial charge in [-0.05, 0) is 22.9 Å². The lowest BCUT2D eigenvalue weighted by atomic mass is 10.0. The first-order valence-electron chi connectivity index (χ1n) is 6.13. The molecule has 108 valence electrons. The third-order valence-electron chi connectivity index (χ3n) is 2.99. The number of rotatable bonds is 4. The van der Waals surface area contributed by atoms with Crippen molar-refractivity contribution in [3.05, 3.63) is 21.9 Å². The zero-order chi connectivity index (χ0) is 14.9. The number of ether oxygens (including phenoxy) is 2. The average molecular weight is 311 g/mol. The topological polar surface area (TPSA) is 61.5 Å². The van der Waals surface area contributed by atoms with Gasteiger partial charge >= 0.3 is 5.97 Å². The van der Waals surface area contributed by atoms with Crippen LogP contribution in [0.15, 0.2) is 11.4 Å². The van der Waals surface area contributed by atoms with Crippen molar-refractivity contribution in [1.82, 2.24) is 0 Å². The highest BCUT2D eigenvalue weighted by Crippen LogP contribution is 2.47. The predicted molar refractivity (Wildman–Crippen MR) is 84.0 cm³/mol. The number of methoxy groups -OCH3 is 2. The van der Waals surface area contributed by atoms with E-state index in [2.05, 4.69) is 13.8 Å². The van der Waals surface area contributed by atoms with Crippen LogP contribution >= 0.6 is 22.7 Å². The number of nitrogen functional groups attached to an aromatic ring is 1. The molecule has 0 aliphatic rings. The minimum absolute atomic E-state index is 0.214. The van der Waals surface area contributed by atoms with Crippen LogP contribution in [-0.4, -0.2) is 20.2 Å². The third kappa shape index (κ3) is 2.41. The maximum Gasteiger partial charge on any atom is 0.350 e. The van der Waals surface area contributed by atoms with Gasteiger partial charge in [-0.25, -0.2) is 4.79 Å². The van der Waals surface area contributed by atoms with E-state index in [1.807, 2.05) is 11.4 Å². The Hall–Kier alpha value is -1.53. The van der Waals surface area contributed by atoms with Crippen LogP contribution in [0.1, 0.15) is 35.0 Å². The highest BCUT2D eigenvalue weighted by Gasteiger charge is 2.26. The maximum atomic E-state index is 11.8. The summed E-state index contributed by atoms with van der Waals surface area (Å²) >= 11 is 2.94. The molecule has 0 aliphatic carbocycles. The number of hydrogen-bond acceptors (Lipinski definition) is 6. The summed E-state index contributed by atoms with van der Waals surface area (Å²) in [6.45, 7) is 4.12. The molecular formula is C14H17NO3S2. The van der Waals surface area contributed by atoms with Crippen molar-refractivity contribution in [1.29, 1.82) is 0 Å². The molecule has 0 amide bonds. The van der Waals surface area contributed by atoms with Crippen molar-refractivity contribution in [2.45, 2.75) is 19.8 Å². The normalized spacial score (nSPS) is 10.8. The predicted octanol–water partition coefficient (Wildman–Crippen LogP) is 3.98. The quantitative estimate of drug-likeness (QED) is 0.868. The molecule has 0 atom stereocenters. The molecule has 0 saturated carbocycles. The molecule has 0 fully saturated rings. The van der Waals surface area contributed by atoms with Gasteiger partial charge in [0.15, 0.2) is 0 Å². The zero-order valence-corrected chi connectivity index (χ0v) is 13.5. The van der Waals surface area contributed by atoms with E-state index in [0.717, 1.165) is 21.1 Å². The summed E-state index contributed by atoms with van der Waals surface area (Å²) in [6, 6.07) is 1.91. The Kier molecular flexibility index (Phi) is 4.35. The van der Waals surface area contributed by atoms with Gasteiger partial charge in [0.25, 0.3) is 0 Å². The van der Waals surface area contributed by atoms with Gasteiger partial charge in [-0.1, -0.05) is 13.8 Å². The van der Waals surface area contributed by atoms with Crippen LogP contribution in [0, 0.1) is 0 Å². The molecule has 2 N–H and O–H groups in total. The van der Waals surface area contributed by atoms with Gasteiger partial charge in [0.1, 0.15) is 10.6 Å². The SMILES string of the molecule is COC(=O)c1sc(-c2sccc2OC)c(C(C)C)c1N. The number of esters is 1. The summed E-state index contributed by atoms with van der Waals surface area (Å²) in [5.41, 5.74) is 7.65. The third-order valence-corrected chi connectivity index (χ3v) is 5.25. The summed E-state index contributed by atoms with van der Waals surface area (Å²) in [7, 11) is 3.00. The molecular weight excluding hydrogens is 294 g/mol. The van der Waals surface area contributed by atoms with E-state index in [4.69, 9.17) is 15.2 Å². The Morgan fingerprint density at radius 2 is 2.00 bits per heavy atom. The molecule has 0 aliphatic heterocycles. The molecule has 6 heteroatoms. The first-order valence-corrected chi connectivity index (χ1v) is 7.83. The second-order valence-corrected chi connectivity index (χ2v) is 6.49. The fraction of sp³-hybridized carbons (Fsp3) is 0.357. The van der Waals surface area contributed by atoms with Crippen molar-refractivity contribution >= 4 is 34.3 Å². The van der Waals surface area contributed by atoms with E-state index in [9.17, 15) is 4.79 Å². The molecule has 0 unspecified atom stereocenters. The summed E-state index contributed by atoms with van der Waals surface area (Å²) in [5, 5.41) is 1.96. The number of nitrogens with two attached hydrogens (primary N) is 1. The maximum absolute atomic E-state index is 11.8. The second kappa shape index (κ2) is 5.85. The van der Waals surface area contributed by atoms with Crippen LogP contribution < -0.4 is 10.5 Å². The van der Waals surface area contributed by atoms with Crippen LogP contribution in [0.25, 0.3) is 9.75 Å². The largest absolute Gasteiger partial charge is 0.495 e. The standard InChI is InChI=1S/C14H17NO3S2/c1-7(2)9-10(15)13(14(16)18-4)20-12(9)11-8(17-3)5-6-19-11/h5-7H,15H2,1-4H3. The molecule has 2 heterocycles. The monoisotopic (exact) mass is 311 g/mol. The van der Waals surface area contributed by atoms with E-state index >= 15 is 0 Å². The number of anilines is 1. The minimum atomic E-state index is -0.392. The van der Waals surface area contributed by atoms with E-state index in [1.54, 1.807) is 18.4 Å². The highest BCUT2D eigenvalue weighted by atomic mass is 32.1. The summed E-state index contributed by atoms with van der Waals surface area (Å²) in [6.07, 6.45) is 0. The molecule has 0 radical (unpaired) electrons. The molecule has 0 saturated heterocycles. The lowest BCUT2D eigenvalue weighted by molar-refractivity contribution is 0.0607. The molecule has 0 bridgehead atoms. The molecule has 20 heavy (non-hydrogen) atoms. The molecule has 2 rings (SSSR count). The Morgan fingerprint density at radius 1 is 1.30 bits per heavy atom. The lowest BCUT2D eigenvalue weighted by Gasteiger charge is -2.09. The van der Waals surface area contributed by atoms with Crippen molar-refractivity contribution in [3.63, 3.8) is 0 Å². The van der Waals surface area contributed by atoms with E-state index in [1.165, 1.54) is 18.4 Å². The highest BCUT2D eigenvalue weighted by molar-refractivity contribution is 7.23. The smallest absolute Gasteiger partial charge is 0.350 e. The van der Waals surface area contributed by atoms with Crippen molar-refractivity contribution in [2.75, 3.05) is 20.0 Å². The molecule has 0 spiro atoms. The fourth-order valence-corrected chi connectivity index (χ4v) is 4.39. The first kappa shape index (κ1) is 14.9. The number of carbonyl (C=O) groups is 1. The van der Waals surface area contributed by atoms with Gasteiger partial charge in [-0.2, -0.15) is 0 Å². The Balaban J connectivity index is 2.66. The van der Waals surface area contributed by atoms with Crippen LogP contribution in [0.5, 0.6) is 5.75 Å². The lowest BCUT2D eigenvalue weighted by Crippen LogP contribution is -2.03. The van der Waals surface area contributed by atoms with Crippen molar-refractivity contribution in [2.24, 2.45) is 0 Å². The zero-order valence-electron chi connectivity index (χ0n) is 11.9. The summed E-state index contributed by atoms with van der Waals surface area (Å²) in [5.74, 6) is 0.622. The second-order valence-electron chi connectivity index (χ2n) is 4.55. The first-order chi connectivity index (χ1) is 9.51. The van der Waals surface area contributed by atoms with Gasteiger partial charge in [0.05, 0.1) is 29.7 Å². The number of hydrogen-bond donors (Lipinski definition) is 1. The molecule has 0 aromatic carbocycles. The summed E-state index contributed by atoms with van der Waals surface area (Å²) in [4.78, 5) is 14.3. The minimum Gasteiger partial charge on any atom is -0.495 e. The van der Waals surface area contributed by atoms with Crippen LogP contribution in [0.3, 0.4) is 0 Å². The fourth-order valence-electron chi connectivity index (χ4n) is 2.07. The van der Waals surface area contributed by atoms with Gasteiger partial charge in [0, 0.05) is 0 Å². The van der Waals surface area contributed by atoms with Crippen LogP contribution in [-0.2, 0) is 4.74 Å². The Morgan fingerprint density at radius 3 is 2.55 bits per heavy atom. The Bertz CT molecular complexity index is 628. The summed E-state index contributed by atoms with van der Waals surface area (Å²) < 4.78 is 10.2. The molecule has 2 aromatic heterocycles. The molecule has 2 aromatic rings. The number of thiophene rings is 2. The van der Waals surface area contributed by atoms with Crippen LogP contribution in [0.4, 0.5) is 5.69 Å². The van der Waals surface area contributed by atoms with Gasteiger partial charge in [0.2, 0.25) is 0 Å². The van der Waals surface area contributed by atoms with Gasteiger partial charge in [-0.3, -0.25) is 0 Å². The van der Waals surface area contributed by atoms with Crippen LogP contribution in [0.2, 0.25) is 0 Å². The van der Waals surface area contributed by atoms with E-state index in [0.29, 0.717) is 10.6 Å².